The van der Waals surface area contributed by atoms with Crippen LogP contribution >= 0.6 is 11.6 Å². The Bertz CT molecular complexity index is 395. The first-order valence-electron chi connectivity index (χ1n) is 5.88. The van der Waals surface area contributed by atoms with Crippen molar-refractivity contribution in [2.45, 2.75) is 25.3 Å². The maximum atomic E-state index is 11.7. The number of rotatable bonds is 5. The zero-order valence-electron chi connectivity index (χ0n) is 9.62. The van der Waals surface area contributed by atoms with Crippen LogP contribution in [0.1, 0.15) is 30.9 Å². The van der Waals surface area contributed by atoms with Crippen LogP contribution in [0, 0.1) is 0 Å². The molecular weight excluding hydrogens is 238 g/mol. The Labute approximate surface area is 106 Å². The number of carbonyl (C=O) groups excluding carboxylic acids is 1. The summed E-state index contributed by atoms with van der Waals surface area (Å²) in [6.45, 7) is 0.528. The molecule has 0 bridgehead atoms. The second kappa shape index (κ2) is 5.92. The van der Waals surface area contributed by atoms with Crippen LogP contribution in [-0.4, -0.2) is 18.4 Å². The first-order valence-corrected chi connectivity index (χ1v) is 6.42. The molecular formula is C13H16ClNO2. The van der Waals surface area contributed by atoms with Crippen molar-refractivity contribution < 1.29 is 9.53 Å². The fourth-order valence-electron chi connectivity index (χ4n) is 1.93. The van der Waals surface area contributed by atoms with Gasteiger partial charge in [-0.2, -0.15) is 0 Å². The highest BCUT2D eigenvalue weighted by atomic mass is 35.5. The van der Waals surface area contributed by atoms with Gasteiger partial charge in [0.25, 0.3) is 0 Å². The van der Waals surface area contributed by atoms with E-state index < -0.39 is 0 Å². The van der Waals surface area contributed by atoms with Crippen LogP contribution in [0.25, 0.3) is 0 Å². The topological polar surface area (TPSA) is 38.3 Å². The maximum absolute atomic E-state index is 11.7. The normalized spacial score (nSPS) is 17.4. The van der Waals surface area contributed by atoms with E-state index in [0.717, 1.165) is 24.2 Å². The fraction of sp³-hybridized carbons (Fsp3) is 0.462. The number of ether oxygens (including phenoxy) is 1. The van der Waals surface area contributed by atoms with Gasteiger partial charge in [-0.1, -0.05) is 18.2 Å². The van der Waals surface area contributed by atoms with Gasteiger partial charge in [0.15, 0.2) is 0 Å². The lowest BCUT2D eigenvalue weighted by Gasteiger charge is -2.11. The Kier molecular flexibility index (Phi) is 4.26. The van der Waals surface area contributed by atoms with Gasteiger partial charge in [-0.05, 0) is 18.9 Å². The first-order chi connectivity index (χ1) is 8.31. The van der Waals surface area contributed by atoms with Gasteiger partial charge in [0.2, 0.25) is 5.91 Å². The third-order valence-corrected chi connectivity index (χ3v) is 3.09. The van der Waals surface area contributed by atoms with E-state index in [1.165, 1.54) is 0 Å². The second-order valence-corrected chi connectivity index (χ2v) is 4.49. The SMILES string of the molecule is O=C(CCCCCl)NC1COc2ccccc21. The fourth-order valence-corrected chi connectivity index (χ4v) is 2.12. The van der Waals surface area contributed by atoms with Crippen LogP contribution in [-0.2, 0) is 4.79 Å². The average Bonchev–Trinajstić information content (AvgIpc) is 2.73. The summed E-state index contributed by atoms with van der Waals surface area (Å²) in [5, 5.41) is 2.99. The van der Waals surface area contributed by atoms with Crippen LogP contribution in [0.5, 0.6) is 5.75 Å². The highest BCUT2D eigenvalue weighted by Gasteiger charge is 2.24. The Morgan fingerprint density at radius 1 is 1.41 bits per heavy atom. The summed E-state index contributed by atoms with van der Waals surface area (Å²) < 4.78 is 5.50. The summed E-state index contributed by atoms with van der Waals surface area (Å²) in [6, 6.07) is 7.81. The molecule has 1 aromatic carbocycles. The average molecular weight is 254 g/mol. The number of hydrogen-bond donors (Lipinski definition) is 1. The molecule has 92 valence electrons. The number of carbonyl (C=O) groups is 1. The van der Waals surface area contributed by atoms with Crippen LogP contribution < -0.4 is 10.1 Å². The minimum Gasteiger partial charge on any atom is -0.491 e. The molecule has 0 saturated carbocycles. The van der Waals surface area contributed by atoms with E-state index in [-0.39, 0.29) is 11.9 Å². The molecule has 0 fully saturated rings. The Morgan fingerprint density at radius 2 is 2.24 bits per heavy atom. The van der Waals surface area contributed by atoms with Gasteiger partial charge >= 0.3 is 0 Å². The number of para-hydroxylation sites is 1. The number of halogens is 1. The van der Waals surface area contributed by atoms with Crippen LogP contribution in [0.15, 0.2) is 24.3 Å². The Balaban J connectivity index is 1.87. The van der Waals surface area contributed by atoms with E-state index in [4.69, 9.17) is 16.3 Å². The van der Waals surface area contributed by atoms with Crippen LogP contribution in [0.4, 0.5) is 0 Å². The van der Waals surface area contributed by atoms with Gasteiger partial charge in [0.05, 0.1) is 6.04 Å². The van der Waals surface area contributed by atoms with E-state index in [0.29, 0.717) is 18.9 Å². The largest absolute Gasteiger partial charge is 0.491 e. The molecule has 17 heavy (non-hydrogen) atoms. The third-order valence-electron chi connectivity index (χ3n) is 2.82. The van der Waals surface area contributed by atoms with Crippen molar-refractivity contribution in [2.75, 3.05) is 12.5 Å². The van der Waals surface area contributed by atoms with Gasteiger partial charge in [0, 0.05) is 17.9 Å². The lowest BCUT2D eigenvalue weighted by Crippen LogP contribution is -2.29. The number of hydrogen-bond acceptors (Lipinski definition) is 2. The van der Waals surface area contributed by atoms with Gasteiger partial charge < -0.3 is 10.1 Å². The zero-order valence-corrected chi connectivity index (χ0v) is 10.4. The highest BCUT2D eigenvalue weighted by Crippen LogP contribution is 2.31. The third kappa shape index (κ3) is 3.13. The highest BCUT2D eigenvalue weighted by molar-refractivity contribution is 6.17. The van der Waals surface area contributed by atoms with Crippen molar-refractivity contribution in [3.05, 3.63) is 29.8 Å². The van der Waals surface area contributed by atoms with Gasteiger partial charge in [-0.25, -0.2) is 0 Å². The second-order valence-electron chi connectivity index (χ2n) is 4.12. The molecule has 1 aromatic rings. The summed E-state index contributed by atoms with van der Waals surface area (Å²) in [7, 11) is 0. The van der Waals surface area contributed by atoms with E-state index >= 15 is 0 Å². The van der Waals surface area contributed by atoms with Crippen molar-refractivity contribution in [3.8, 4) is 5.75 Å². The lowest BCUT2D eigenvalue weighted by atomic mass is 10.1. The number of fused-ring (bicyclic) bond motifs is 1. The molecule has 1 atom stereocenters. The molecule has 1 heterocycles. The molecule has 0 radical (unpaired) electrons. The summed E-state index contributed by atoms with van der Waals surface area (Å²) in [5.41, 5.74) is 1.07. The molecule has 1 aliphatic rings. The van der Waals surface area contributed by atoms with Crippen molar-refractivity contribution in [3.63, 3.8) is 0 Å². The Hall–Kier alpha value is -1.22. The van der Waals surface area contributed by atoms with Gasteiger partial charge in [0.1, 0.15) is 12.4 Å². The Morgan fingerprint density at radius 3 is 3.06 bits per heavy atom. The molecule has 1 aliphatic heterocycles. The first kappa shape index (κ1) is 12.2. The molecule has 1 unspecified atom stereocenters. The molecule has 0 spiro atoms. The maximum Gasteiger partial charge on any atom is 0.220 e. The minimum absolute atomic E-state index is 0.00491. The van der Waals surface area contributed by atoms with Crippen molar-refractivity contribution in [1.29, 1.82) is 0 Å². The zero-order chi connectivity index (χ0) is 12.1. The number of amides is 1. The molecule has 0 aromatic heterocycles. The number of benzene rings is 1. The van der Waals surface area contributed by atoms with E-state index in [1.807, 2.05) is 24.3 Å². The molecule has 2 rings (SSSR count). The van der Waals surface area contributed by atoms with E-state index in [9.17, 15) is 4.79 Å². The molecule has 0 aliphatic carbocycles. The molecule has 1 amide bonds. The summed E-state index contributed by atoms with van der Waals surface area (Å²) in [6.07, 6.45) is 2.25. The van der Waals surface area contributed by atoms with Gasteiger partial charge in [-0.15, -0.1) is 11.6 Å². The van der Waals surface area contributed by atoms with Crippen LogP contribution in [0.3, 0.4) is 0 Å². The number of unbranched alkanes of at least 4 members (excludes halogenated alkanes) is 1. The number of alkyl halides is 1. The van der Waals surface area contributed by atoms with Crippen molar-refractivity contribution >= 4 is 17.5 Å². The predicted molar refractivity (Wildman–Crippen MR) is 67.4 cm³/mol. The summed E-state index contributed by atoms with van der Waals surface area (Å²) in [5.74, 6) is 1.56. The molecule has 1 N–H and O–H groups in total. The van der Waals surface area contributed by atoms with Gasteiger partial charge in [-0.3, -0.25) is 4.79 Å². The standard InChI is InChI=1S/C13H16ClNO2/c14-8-4-3-7-13(16)15-11-9-17-12-6-2-1-5-10(11)12/h1-2,5-6,11H,3-4,7-9H2,(H,15,16). The van der Waals surface area contributed by atoms with E-state index in [1.54, 1.807) is 0 Å². The smallest absolute Gasteiger partial charge is 0.220 e. The van der Waals surface area contributed by atoms with Crippen molar-refractivity contribution in [1.82, 2.24) is 5.32 Å². The predicted octanol–water partition coefficient (Wildman–Crippen LogP) is 2.65. The molecule has 4 heteroatoms. The summed E-state index contributed by atoms with van der Waals surface area (Å²) in [4.78, 5) is 11.7. The quantitative estimate of drug-likeness (QED) is 0.647. The number of nitrogens with one attached hydrogen (secondary N) is 1. The summed E-state index contributed by atoms with van der Waals surface area (Å²) >= 11 is 5.57. The van der Waals surface area contributed by atoms with E-state index in [2.05, 4.69) is 5.32 Å². The molecule has 0 saturated heterocycles. The minimum atomic E-state index is -0.00491. The van der Waals surface area contributed by atoms with Crippen molar-refractivity contribution in [2.24, 2.45) is 0 Å². The lowest BCUT2D eigenvalue weighted by molar-refractivity contribution is -0.122. The van der Waals surface area contributed by atoms with Crippen LogP contribution in [0.2, 0.25) is 0 Å². The molecule has 3 nitrogen and oxygen atoms in total. The monoisotopic (exact) mass is 253 g/mol.